The van der Waals surface area contributed by atoms with Gasteiger partial charge in [0.15, 0.2) is 0 Å². The summed E-state index contributed by atoms with van der Waals surface area (Å²) in [7, 11) is 6.76. The Morgan fingerprint density at radius 1 is 0.363 bits per heavy atom. The molecule has 1 fully saturated rings. The zero-order valence-electron chi connectivity index (χ0n) is 65.4. The number of nitrogens with zero attached hydrogens (tertiary/aromatic N) is 1. The molecule has 0 amide bonds. The molecule has 1 heterocycles. The van der Waals surface area contributed by atoms with Crippen molar-refractivity contribution in [2.24, 2.45) is 5.73 Å². The number of nitrogens with two attached hydrogens (primary N) is 1. The third-order valence-electron chi connectivity index (χ3n) is 17.7. The Morgan fingerprint density at radius 2 is 0.667 bits per heavy atom. The Balaban J connectivity index is -0.00000143. The lowest BCUT2D eigenvalue weighted by atomic mass is 10.2. The van der Waals surface area contributed by atoms with E-state index < -0.39 is 78.5 Å². The number of aliphatic hydroxyl groups is 9. The zero-order valence-corrected chi connectivity index (χ0v) is 72.4. The highest BCUT2D eigenvalue weighted by Gasteiger charge is 2.40. The quantitative estimate of drug-likeness (QED) is 0.0224. The highest BCUT2D eigenvalue weighted by Crippen LogP contribution is 2.22. The third-order valence-corrected chi connectivity index (χ3v) is 38.9. The monoisotopic (exact) mass is 1610 g/mol. The maximum Gasteiger partial charge on any atom is 0.500 e. The van der Waals surface area contributed by atoms with Crippen LogP contribution in [0.2, 0.25) is 42.3 Å². The Kier molecular flexibility index (Phi) is 70.9. The molecule has 0 saturated carbocycles. The second kappa shape index (κ2) is 68.0. The van der Waals surface area contributed by atoms with Crippen molar-refractivity contribution in [3.63, 3.8) is 0 Å². The molecule has 1 rings (SSSR count). The van der Waals surface area contributed by atoms with Crippen LogP contribution >= 0.6 is 0 Å². The van der Waals surface area contributed by atoms with Gasteiger partial charge in [0, 0.05) is 190 Å². The van der Waals surface area contributed by atoms with Crippen molar-refractivity contribution in [3.05, 3.63) is 0 Å². The number of epoxide rings is 1. The fourth-order valence-corrected chi connectivity index (χ4v) is 22.4. The van der Waals surface area contributed by atoms with Gasteiger partial charge in [0.1, 0.15) is 6.10 Å². The Bertz CT molecular complexity index is 1690. The van der Waals surface area contributed by atoms with Gasteiger partial charge in [-0.25, -0.2) is 0 Å². The molecule has 0 radical (unpaired) electrons. The summed E-state index contributed by atoms with van der Waals surface area (Å²) >= 11 is 0. The average Bonchev–Trinajstić information content (AvgIpc) is 1.17. The first-order chi connectivity index (χ1) is 49.1. The molecule has 40 heteroatoms. The average molecular weight is 1610 g/mol. The van der Waals surface area contributed by atoms with Crippen LogP contribution in [0.5, 0.6) is 0 Å². The smallest absolute Gasteiger partial charge is 0.415 e. The van der Waals surface area contributed by atoms with Crippen LogP contribution < -0.4 is 16.4 Å². The van der Waals surface area contributed by atoms with Crippen LogP contribution in [0.15, 0.2) is 0 Å². The van der Waals surface area contributed by atoms with Crippen molar-refractivity contribution in [1.29, 1.82) is 0 Å². The molecule has 13 N–H and O–H groups in total. The van der Waals surface area contributed by atoms with Gasteiger partial charge in [-0.05, 0) is 95.6 Å². The molecular formula is C62H148N4O29Si7. The summed E-state index contributed by atoms with van der Waals surface area (Å²) in [5.41, 5.74) is 5.35. The molecule has 618 valence electrons. The van der Waals surface area contributed by atoms with Crippen LogP contribution in [0.25, 0.3) is 0 Å². The van der Waals surface area contributed by atoms with E-state index in [1.54, 1.807) is 92.4 Å². The van der Waals surface area contributed by atoms with Crippen LogP contribution in [-0.4, -0.2) is 391 Å². The number of aliphatic hydroxyl groups excluding tert-OH is 9. The first kappa shape index (κ1) is 106. The zero-order chi connectivity index (χ0) is 77.3. The number of hydrogen-bond acceptors (Lipinski definition) is 33. The van der Waals surface area contributed by atoms with Gasteiger partial charge in [0.2, 0.25) is 25.0 Å². The Morgan fingerprint density at radius 3 is 1.00 bits per heavy atom. The van der Waals surface area contributed by atoms with E-state index in [2.05, 4.69) is 10.6 Å². The predicted molar refractivity (Wildman–Crippen MR) is 404 cm³/mol. The SMILES string of the molecule is CO[Si](CCCNCCN)(OC)OC.CO[Si](CO)(CO)CCCOCC(O)CN(CCCCCC[Si](OC)(OC)OC)CC(O)COCCC[Si](OC)(OC)OC.CO[Si](CO)(CO)CCCOCC(O)CNCCCCCC[Si](OC)(OC)OC.CO[Si](CO)(CO)CCCOCC1CO1. The molecule has 4 unspecified atom stereocenters. The molecule has 102 heavy (non-hydrogen) atoms. The molecule has 0 aromatic carbocycles. The molecule has 0 aromatic heterocycles. The van der Waals surface area contributed by atoms with E-state index in [1.807, 2.05) is 4.90 Å². The van der Waals surface area contributed by atoms with E-state index in [9.17, 15) is 35.7 Å². The van der Waals surface area contributed by atoms with Gasteiger partial charge >= 0.3 is 35.2 Å². The minimum absolute atomic E-state index is 0.0360. The van der Waals surface area contributed by atoms with Gasteiger partial charge in [0.25, 0.3) is 0 Å². The van der Waals surface area contributed by atoms with Gasteiger partial charge in [0.05, 0.1) is 88.7 Å². The molecular weight excluding hydrogens is 1460 g/mol. The minimum Gasteiger partial charge on any atom is -0.415 e. The maximum absolute atomic E-state index is 10.7. The molecule has 0 bridgehead atoms. The molecule has 4 atom stereocenters. The van der Waals surface area contributed by atoms with E-state index in [0.717, 1.165) is 115 Å². The molecule has 0 aliphatic carbocycles. The lowest BCUT2D eigenvalue weighted by Gasteiger charge is -2.28. The second-order valence-electron chi connectivity index (χ2n) is 24.9. The number of hydrogen-bond donors (Lipinski definition) is 12. The van der Waals surface area contributed by atoms with Gasteiger partial charge in [-0.3, -0.25) is 4.90 Å². The van der Waals surface area contributed by atoms with Crippen LogP contribution in [0.3, 0.4) is 0 Å². The summed E-state index contributed by atoms with van der Waals surface area (Å²) in [6.07, 6.45) is 9.53. The molecule has 1 aliphatic rings. The summed E-state index contributed by atoms with van der Waals surface area (Å²) in [5, 5.41) is 93.9. The summed E-state index contributed by atoms with van der Waals surface area (Å²) in [4.78, 5) is 2.04. The third kappa shape index (κ3) is 50.2. The number of ether oxygens (including phenoxy) is 5. The summed E-state index contributed by atoms with van der Waals surface area (Å²) in [6, 6.07) is 4.94. The highest BCUT2D eigenvalue weighted by molar-refractivity contribution is 6.74. The lowest BCUT2D eigenvalue weighted by Crippen LogP contribution is -2.46. The van der Waals surface area contributed by atoms with Crippen LogP contribution in [0.4, 0.5) is 0 Å². The van der Waals surface area contributed by atoms with Gasteiger partial charge in [-0.1, -0.05) is 25.7 Å². The van der Waals surface area contributed by atoms with E-state index in [0.29, 0.717) is 109 Å². The topological polar surface area (TPSA) is 423 Å². The van der Waals surface area contributed by atoms with Crippen LogP contribution in [0.1, 0.15) is 83.5 Å². The van der Waals surface area contributed by atoms with E-state index in [4.69, 9.17) is 106 Å². The standard InChI is InChI=1S/C27H63NO13Si3.C18H43NO8Si2.C9H20O5Si.C8H22N2O3Si/c1-33-42(24-29,25-30)17-12-15-40-22-26(31)20-28(14-10-8-9-11-18-43(34-2,35-3)36-4)21-27(32)23-41-16-13-19-44(37-5,38-6)39-7;1-23-28(16-20,17-21)12-9-11-27-15-18(22)14-19-10-7-5-6-8-13-29(24-2,25-3)26-4;1-12-15(7-10,8-11)4-2-3-13-5-9-6-14-9;1-11-14(12-2,13-3)8-4-6-10-7-5-9/h26-27,29-32H,8-25H2,1-7H3;18-22H,5-17H2,1-4H3;9-11H,2-8H2,1H3;10H,4-9H2,1-3H3. The van der Waals surface area contributed by atoms with Gasteiger partial charge < -0.3 is 152 Å². The minimum atomic E-state index is -2.65. The molecule has 33 nitrogen and oxygen atoms in total. The summed E-state index contributed by atoms with van der Waals surface area (Å²) in [6.45, 7) is 9.17. The fourth-order valence-electron chi connectivity index (χ4n) is 10.4. The van der Waals surface area contributed by atoms with Crippen molar-refractivity contribution >= 4 is 60.2 Å². The number of unbranched alkanes of at least 4 members (excludes halogenated alkanes) is 6. The number of rotatable bonds is 71. The van der Waals surface area contributed by atoms with Crippen molar-refractivity contribution < 1.29 is 136 Å². The van der Waals surface area contributed by atoms with E-state index in [-0.39, 0.29) is 57.2 Å². The first-order valence-corrected chi connectivity index (χ1v) is 51.1. The first-order valence-electron chi connectivity index (χ1n) is 35.8. The van der Waals surface area contributed by atoms with E-state index in [1.165, 1.54) is 14.2 Å². The molecule has 0 spiro atoms. The highest BCUT2D eigenvalue weighted by atomic mass is 28.4. The van der Waals surface area contributed by atoms with Crippen molar-refractivity contribution in [3.8, 4) is 0 Å². The van der Waals surface area contributed by atoms with Gasteiger partial charge in [-0.2, -0.15) is 0 Å². The summed E-state index contributed by atoms with van der Waals surface area (Å²) in [5.74, 6) is 0. The van der Waals surface area contributed by atoms with Crippen molar-refractivity contribution in [2.45, 2.75) is 150 Å². The van der Waals surface area contributed by atoms with Crippen molar-refractivity contribution in [1.82, 2.24) is 15.5 Å². The maximum atomic E-state index is 10.7. The number of nitrogens with one attached hydrogen (secondary N) is 2. The van der Waals surface area contributed by atoms with E-state index >= 15 is 0 Å². The largest absolute Gasteiger partial charge is 0.500 e. The Hall–Kier alpha value is 0.198. The lowest BCUT2D eigenvalue weighted by molar-refractivity contribution is -0.0107. The predicted octanol–water partition coefficient (Wildman–Crippen LogP) is 0.482. The normalized spacial score (nSPS) is 14.8. The van der Waals surface area contributed by atoms with Crippen LogP contribution in [-0.2, 0) is 90.1 Å². The second-order valence-corrected chi connectivity index (χ2v) is 48.9. The molecule has 1 aliphatic heterocycles. The van der Waals surface area contributed by atoms with Gasteiger partial charge in [-0.15, -0.1) is 0 Å². The Labute approximate surface area is 620 Å². The fraction of sp³-hybridized carbons (Fsp3) is 1.00. The van der Waals surface area contributed by atoms with Crippen LogP contribution in [0, 0.1) is 0 Å². The van der Waals surface area contributed by atoms with Crippen molar-refractivity contribution in [2.75, 3.05) is 256 Å². The summed E-state index contributed by atoms with van der Waals surface area (Å²) < 4.78 is 108. The molecule has 0 aromatic rings. The molecule has 1 saturated heterocycles.